The third kappa shape index (κ3) is 1.78. The van der Waals surface area contributed by atoms with Crippen LogP contribution in [0.25, 0.3) is 22.3 Å². The number of fused-ring (bicyclic) bond motifs is 1. The minimum Gasteiger partial charge on any atom is -0.308 e. The van der Waals surface area contributed by atoms with Crippen molar-refractivity contribution in [3.63, 3.8) is 0 Å². The Kier molecular flexibility index (Phi) is 2.56. The number of nitrogens with zero attached hydrogens (tertiary/aromatic N) is 3. The molecule has 0 aliphatic heterocycles. The normalized spacial score (nSPS) is 11.1. The van der Waals surface area contributed by atoms with Gasteiger partial charge in [0.05, 0.1) is 10.9 Å². The zero-order valence-corrected chi connectivity index (χ0v) is 10.4. The van der Waals surface area contributed by atoms with Gasteiger partial charge < -0.3 is 4.98 Å². The molecule has 0 amide bonds. The number of aromatic nitrogens is 5. The number of aryl methyl sites for hydroxylation is 1. The number of rotatable bonds is 1. The van der Waals surface area contributed by atoms with Gasteiger partial charge in [0.15, 0.2) is 0 Å². The number of hydrogen-bond donors (Lipinski definition) is 2. The van der Waals surface area contributed by atoms with E-state index in [1.807, 2.05) is 0 Å². The van der Waals surface area contributed by atoms with Crippen LogP contribution in [0.2, 0.25) is 5.15 Å². The zero-order chi connectivity index (χ0) is 13.6. The zero-order valence-electron chi connectivity index (χ0n) is 9.66. The molecule has 0 atom stereocenters. The molecular formula is C11H7ClFN5O. The van der Waals surface area contributed by atoms with Crippen molar-refractivity contribution in [2.24, 2.45) is 0 Å². The van der Waals surface area contributed by atoms with Crippen LogP contribution in [0.4, 0.5) is 4.39 Å². The van der Waals surface area contributed by atoms with Crippen LogP contribution in [0.15, 0.2) is 17.1 Å². The summed E-state index contributed by atoms with van der Waals surface area (Å²) >= 11 is 5.98. The van der Waals surface area contributed by atoms with Gasteiger partial charge in [-0.15, -0.1) is 0 Å². The molecule has 0 aliphatic carbocycles. The van der Waals surface area contributed by atoms with Gasteiger partial charge in [-0.2, -0.15) is 9.49 Å². The van der Waals surface area contributed by atoms with Gasteiger partial charge in [-0.05, 0) is 13.0 Å². The lowest BCUT2D eigenvalue weighted by atomic mass is 10.2. The molecule has 0 bridgehead atoms. The average molecular weight is 280 g/mol. The highest BCUT2D eigenvalue weighted by Crippen LogP contribution is 2.29. The van der Waals surface area contributed by atoms with E-state index < -0.39 is 11.4 Å². The van der Waals surface area contributed by atoms with E-state index >= 15 is 0 Å². The van der Waals surface area contributed by atoms with E-state index in [0.717, 1.165) is 0 Å². The number of H-pyrrole nitrogens is 2. The van der Waals surface area contributed by atoms with Crippen LogP contribution in [-0.4, -0.2) is 25.1 Å². The lowest BCUT2D eigenvalue weighted by molar-refractivity contribution is 0.601. The van der Waals surface area contributed by atoms with Gasteiger partial charge in [0, 0.05) is 6.20 Å². The van der Waals surface area contributed by atoms with Crippen LogP contribution in [0.3, 0.4) is 0 Å². The van der Waals surface area contributed by atoms with E-state index in [9.17, 15) is 9.18 Å². The standard InChI is InChI=1S/C11H7ClFN5O/c1-4-15-9(7(13)11(19)16-4)8-6-5(17-18-8)2-3-14-10(6)12/h2-3H,1H3,(H,17,18)(H,15,16,19). The van der Waals surface area contributed by atoms with E-state index in [0.29, 0.717) is 10.9 Å². The minimum atomic E-state index is -1.00. The second kappa shape index (κ2) is 4.13. The maximum Gasteiger partial charge on any atom is 0.287 e. The van der Waals surface area contributed by atoms with Gasteiger partial charge in [-0.25, -0.2) is 9.97 Å². The number of aromatic amines is 2. The van der Waals surface area contributed by atoms with Crippen molar-refractivity contribution in [2.75, 3.05) is 0 Å². The summed E-state index contributed by atoms with van der Waals surface area (Å²) in [6.07, 6.45) is 1.50. The molecule has 96 valence electrons. The van der Waals surface area contributed by atoms with Crippen LogP contribution in [0, 0.1) is 12.7 Å². The van der Waals surface area contributed by atoms with Gasteiger partial charge in [0.2, 0.25) is 5.82 Å². The van der Waals surface area contributed by atoms with Crippen LogP contribution in [0.1, 0.15) is 5.82 Å². The Labute approximate surface area is 110 Å². The molecule has 0 aliphatic rings. The van der Waals surface area contributed by atoms with E-state index in [-0.39, 0.29) is 22.4 Å². The van der Waals surface area contributed by atoms with Gasteiger partial charge in [0.1, 0.15) is 22.4 Å². The quantitative estimate of drug-likeness (QED) is 0.665. The summed E-state index contributed by atoms with van der Waals surface area (Å²) in [4.78, 5) is 21.6. The van der Waals surface area contributed by atoms with Crippen molar-refractivity contribution < 1.29 is 4.39 Å². The van der Waals surface area contributed by atoms with Crippen molar-refractivity contribution in [3.8, 4) is 11.4 Å². The molecule has 3 heterocycles. The third-order valence-corrected chi connectivity index (χ3v) is 2.92. The fourth-order valence-corrected chi connectivity index (χ4v) is 2.07. The van der Waals surface area contributed by atoms with Gasteiger partial charge in [0.25, 0.3) is 5.56 Å². The molecule has 0 saturated carbocycles. The highest BCUT2D eigenvalue weighted by atomic mass is 35.5. The second-order valence-corrected chi connectivity index (χ2v) is 4.27. The molecular weight excluding hydrogens is 273 g/mol. The van der Waals surface area contributed by atoms with E-state index in [1.165, 1.54) is 6.20 Å². The SMILES string of the molecule is Cc1nc(-c2n[nH]c3ccnc(Cl)c23)c(F)c(=O)[nH]1. The first-order chi connectivity index (χ1) is 9.08. The van der Waals surface area contributed by atoms with Gasteiger partial charge in [-0.3, -0.25) is 9.89 Å². The molecule has 0 fully saturated rings. The maximum atomic E-state index is 13.9. The Morgan fingerprint density at radius 2 is 2.16 bits per heavy atom. The van der Waals surface area contributed by atoms with Crippen LogP contribution >= 0.6 is 11.6 Å². The maximum absolute atomic E-state index is 13.9. The largest absolute Gasteiger partial charge is 0.308 e. The Bertz CT molecular complexity index is 841. The van der Waals surface area contributed by atoms with Crippen molar-refractivity contribution in [3.05, 3.63) is 39.4 Å². The molecule has 0 saturated heterocycles. The van der Waals surface area contributed by atoms with Crippen LogP contribution < -0.4 is 5.56 Å². The number of hydrogen-bond acceptors (Lipinski definition) is 4. The molecule has 3 aromatic heterocycles. The molecule has 0 radical (unpaired) electrons. The van der Waals surface area contributed by atoms with E-state index in [4.69, 9.17) is 11.6 Å². The molecule has 0 unspecified atom stereocenters. The first-order valence-corrected chi connectivity index (χ1v) is 5.71. The van der Waals surface area contributed by atoms with Crippen LogP contribution in [0.5, 0.6) is 0 Å². The van der Waals surface area contributed by atoms with Crippen molar-refractivity contribution >= 4 is 22.5 Å². The van der Waals surface area contributed by atoms with E-state index in [1.54, 1.807) is 13.0 Å². The summed E-state index contributed by atoms with van der Waals surface area (Å²) in [7, 11) is 0. The van der Waals surface area contributed by atoms with Crippen molar-refractivity contribution in [2.45, 2.75) is 6.92 Å². The van der Waals surface area contributed by atoms with Crippen molar-refractivity contribution in [1.82, 2.24) is 25.1 Å². The third-order valence-electron chi connectivity index (χ3n) is 2.64. The number of pyridine rings is 1. The molecule has 3 rings (SSSR count). The lowest BCUT2D eigenvalue weighted by Crippen LogP contribution is -2.15. The van der Waals surface area contributed by atoms with Gasteiger partial charge >= 0.3 is 0 Å². The number of halogens is 2. The molecule has 3 aromatic rings. The highest BCUT2D eigenvalue weighted by molar-refractivity contribution is 6.35. The molecule has 6 nitrogen and oxygen atoms in total. The average Bonchev–Trinajstić information content (AvgIpc) is 2.79. The molecule has 0 aromatic carbocycles. The summed E-state index contributed by atoms with van der Waals surface area (Å²) in [6.45, 7) is 1.55. The smallest absolute Gasteiger partial charge is 0.287 e. The Balaban J connectivity index is 2.40. The summed E-state index contributed by atoms with van der Waals surface area (Å²) in [5.74, 6) is -0.712. The lowest BCUT2D eigenvalue weighted by Gasteiger charge is -2.01. The van der Waals surface area contributed by atoms with Crippen molar-refractivity contribution in [1.29, 1.82) is 0 Å². The molecule has 2 N–H and O–H groups in total. The Hall–Kier alpha value is -2.28. The summed E-state index contributed by atoms with van der Waals surface area (Å²) in [5.41, 5.74) is -0.241. The summed E-state index contributed by atoms with van der Waals surface area (Å²) in [5, 5.41) is 7.26. The van der Waals surface area contributed by atoms with Crippen LogP contribution in [-0.2, 0) is 0 Å². The summed E-state index contributed by atoms with van der Waals surface area (Å²) in [6, 6.07) is 1.65. The molecule has 8 heteroatoms. The predicted molar refractivity (Wildman–Crippen MR) is 67.4 cm³/mol. The van der Waals surface area contributed by atoms with Gasteiger partial charge in [-0.1, -0.05) is 11.6 Å². The first-order valence-electron chi connectivity index (χ1n) is 5.33. The molecule has 19 heavy (non-hydrogen) atoms. The van der Waals surface area contributed by atoms with E-state index in [2.05, 4.69) is 25.1 Å². The second-order valence-electron chi connectivity index (χ2n) is 3.91. The first kappa shape index (κ1) is 11.8. The minimum absolute atomic E-state index is 0.151. The monoisotopic (exact) mass is 279 g/mol. The Morgan fingerprint density at radius 3 is 2.95 bits per heavy atom. The number of nitrogens with one attached hydrogen (secondary N) is 2. The molecule has 0 spiro atoms. The summed E-state index contributed by atoms with van der Waals surface area (Å²) < 4.78 is 13.9. The topological polar surface area (TPSA) is 87.3 Å². The predicted octanol–water partition coefficient (Wildman–Crippen LogP) is 1.81. The highest BCUT2D eigenvalue weighted by Gasteiger charge is 2.19. The Morgan fingerprint density at radius 1 is 1.37 bits per heavy atom. The fourth-order valence-electron chi connectivity index (χ4n) is 1.83. The fraction of sp³-hybridized carbons (Fsp3) is 0.0909.